The maximum Gasteiger partial charge on any atom is 0.0695 e. The van der Waals surface area contributed by atoms with E-state index < -0.39 is 0 Å². The van der Waals surface area contributed by atoms with Gasteiger partial charge in [-0.15, -0.1) is 0 Å². The number of nitrogens with zero attached hydrogens (tertiary/aromatic N) is 2. The van der Waals surface area contributed by atoms with Crippen LogP contribution in [0.25, 0.3) is 0 Å². The van der Waals surface area contributed by atoms with E-state index in [1.54, 1.807) is 0 Å². The summed E-state index contributed by atoms with van der Waals surface area (Å²) in [6.07, 6.45) is 2.36. The third-order valence-corrected chi connectivity index (χ3v) is 4.35. The van der Waals surface area contributed by atoms with E-state index in [0.717, 1.165) is 32.7 Å². The molecular formula is C16H24N2O. The van der Waals surface area contributed by atoms with Crippen LogP contribution in [0, 0.1) is 12.8 Å². The van der Waals surface area contributed by atoms with E-state index in [-0.39, 0.29) is 6.10 Å². The fourth-order valence-corrected chi connectivity index (χ4v) is 2.91. The standard InChI is InChI=1S/C16H24N2O/c1-13-3-2-4-15(11-13)18-9-7-17(8-10-18)12-16(19)14-5-6-14/h2-4,11,14,16,19H,5-10,12H2,1H3. The summed E-state index contributed by atoms with van der Waals surface area (Å²) in [5.74, 6) is 0.592. The minimum Gasteiger partial charge on any atom is -0.392 e. The molecule has 0 spiro atoms. The molecular weight excluding hydrogens is 236 g/mol. The van der Waals surface area contributed by atoms with Gasteiger partial charge in [0.05, 0.1) is 6.10 Å². The molecule has 0 bridgehead atoms. The molecule has 1 aliphatic heterocycles. The van der Waals surface area contributed by atoms with E-state index in [4.69, 9.17) is 0 Å². The van der Waals surface area contributed by atoms with Gasteiger partial charge in [-0.25, -0.2) is 0 Å². The van der Waals surface area contributed by atoms with Gasteiger partial charge in [0.25, 0.3) is 0 Å². The minimum absolute atomic E-state index is 0.0921. The number of aliphatic hydroxyl groups excluding tert-OH is 1. The highest BCUT2D eigenvalue weighted by molar-refractivity contribution is 5.48. The monoisotopic (exact) mass is 260 g/mol. The molecule has 1 saturated carbocycles. The van der Waals surface area contributed by atoms with Crippen LogP contribution in [0.15, 0.2) is 24.3 Å². The fourth-order valence-electron chi connectivity index (χ4n) is 2.91. The maximum absolute atomic E-state index is 10.0. The van der Waals surface area contributed by atoms with Crippen LogP contribution in [0.1, 0.15) is 18.4 Å². The van der Waals surface area contributed by atoms with Crippen molar-refractivity contribution in [3.8, 4) is 0 Å². The lowest BCUT2D eigenvalue weighted by Crippen LogP contribution is -2.48. The molecule has 1 atom stereocenters. The molecule has 3 rings (SSSR count). The normalized spacial score (nSPS) is 22.5. The predicted molar refractivity (Wildman–Crippen MR) is 78.6 cm³/mol. The number of anilines is 1. The lowest BCUT2D eigenvalue weighted by molar-refractivity contribution is 0.0922. The first-order valence-electron chi connectivity index (χ1n) is 7.44. The van der Waals surface area contributed by atoms with Gasteiger partial charge in [0.1, 0.15) is 0 Å². The van der Waals surface area contributed by atoms with Gasteiger partial charge >= 0.3 is 0 Å². The van der Waals surface area contributed by atoms with Crippen molar-refractivity contribution in [2.75, 3.05) is 37.6 Å². The molecule has 1 heterocycles. The minimum atomic E-state index is -0.0921. The van der Waals surface area contributed by atoms with E-state index in [2.05, 4.69) is 41.0 Å². The van der Waals surface area contributed by atoms with Gasteiger partial charge in [-0.3, -0.25) is 4.90 Å². The molecule has 1 aromatic carbocycles. The molecule has 0 amide bonds. The summed E-state index contributed by atoms with van der Waals surface area (Å²) in [5.41, 5.74) is 2.66. The largest absolute Gasteiger partial charge is 0.392 e. The Morgan fingerprint density at radius 2 is 1.95 bits per heavy atom. The molecule has 1 aliphatic carbocycles. The first kappa shape index (κ1) is 12.9. The number of β-amino-alcohol motifs (C(OH)–C–C–N with tert-alkyl or cyclic N) is 1. The van der Waals surface area contributed by atoms with Crippen molar-refractivity contribution < 1.29 is 5.11 Å². The van der Waals surface area contributed by atoms with Crippen molar-refractivity contribution in [3.63, 3.8) is 0 Å². The second kappa shape index (κ2) is 5.51. The maximum atomic E-state index is 10.0. The Morgan fingerprint density at radius 1 is 1.21 bits per heavy atom. The highest BCUT2D eigenvalue weighted by Gasteiger charge is 2.31. The highest BCUT2D eigenvalue weighted by Crippen LogP contribution is 2.33. The van der Waals surface area contributed by atoms with E-state index >= 15 is 0 Å². The quantitative estimate of drug-likeness (QED) is 0.895. The van der Waals surface area contributed by atoms with Gasteiger partial charge in [-0.1, -0.05) is 12.1 Å². The number of aliphatic hydroxyl groups is 1. The molecule has 0 aromatic heterocycles. The SMILES string of the molecule is Cc1cccc(N2CCN(CC(O)C3CC3)CC2)c1. The predicted octanol–water partition coefficient (Wildman–Crippen LogP) is 1.89. The van der Waals surface area contributed by atoms with Crippen molar-refractivity contribution in [2.45, 2.75) is 25.9 Å². The lowest BCUT2D eigenvalue weighted by Gasteiger charge is -2.37. The summed E-state index contributed by atoms with van der Waals surface area (Å²) < 4.78 is 0. The average Bonchev–Trinajstić information content (AvgIpc) is 3.24. The zero-order valence-corrected chi connectivity index (χ0v) is 11.8. The van der Waals surface area contributed by atoms with Crippen LogP contribution in [0.5, 0.6) is 0 Å². The van der Waals surface area contributed by atoms with Crippen LogP contribution in [-0.4, -0.2) is 48.8 Å². The molecule has 3 nitrogen and oxygen atoms in total. The number of piperazine rings is 1. The highest BCUT2D eigenvalue weighted by atomic mass is 16.3. The lowest BCUT2D eigenvalue weighted by atomic mass is 10.1. The number of benzene rings is 1. The van der Waals surface area contributed by atoms with Gasteiger partial charge in [-0.05, 0) is 43.4 Å². The van der Waals surface area contributed by atoms with Crippen LogP contribution < -0.4 is 4.90 Å². The first-order chi connectivity index (χ1) is 9.22. The van der Waals surface area contributed by atoms with E-state index in [1.807, 2.05) is 0 Å². The average molecular weight is 260 g/mol. The van der Waals surface area contributed by atoms with Crippen LogP contribution in [0.4, 0.5) is 5.69 Å². The second-order valence-electron chi connectivity index (χ2n) is 6.03. The summed E-state index contributed by atoms with van der Waals surface area (Å²) >= 11 is 0. The molecule has 1 N–H and O–H groups in total. The van der Waals surface area contributed by atoms with Crippen LogP contribution in [-0.2, 0) is 0 Å². The molecule has 1 unspecified atom stereocenters. The van der Waals surface area contributed by atoms with Gasteiger partial charge in [-0.2, -0.15) is 0 Å². The van der Waals surface area contributed by atoms with Crippen molar-refractivity contribution in [1.82, 2.24) is 4.90 Å². The Labute approximate surface area is 115 Å². The second-order valence-corrected chi connectivity index (χ2v) is 6.03. The Bertz CT molecular complexity index is 423. The van der Waals surface area contributed by atoms with Crippen molar-refractivity contribution >= 4 is 5.69 Å². The molecule has 104 valence electrons. The van der Waals surface area contributed by atoms with Gasteiger partial charge in [0.2, 0.25) is 0 Å². The zero-order valence-electron chi connectivity index (χ0n) is 11.8. The fraction of sp³-hybridized carbons (Fsp3) is 0.625. The number of rotatable bonds is 4. The summed E-state index contributed by atoms with van der Waals surface area (Å²) in [6.45, 7) is 7.29. The Kier molecular flexibility index (Phi) is 3.76. The molecule has 19 heavy (non-hydrogen) atoms. The van der Waals surface area contributed by atoms with Crippen molar-refractivity contribution in [2.24, 2.45) is 5.92 Å². The Balaban J connectivity index is 1.51. The van der Waals surface area contributed by atoms with Crippen LogP contribution in [0.3, 0.4) is 0 Å². The van der Waals surface area contributed by atoms with E-state index in [9.17, 15) is 5.11 Å². The third-order valence-electron chi connectivity index (χ3n) is 4.35. The zero-order chi connectivity index (χ0) is 13.2. The smallest absolute Gasteiger partial charge is 0.0695 e. The Morgan fingerprint density at radius 3 is 2.58 bits per heavy atom. The molecule has 2 fully saturated rings. The first-order valence-corrected chi connectivity index (χ1v) is 7.44. The summed E-state index contributed by atoms with van der Waals surface area (Å²) in [5, 5.41) is 10.0. The van der Waals surface area contributed by atoms with Crippen LogP contribution in [0.2, 0.25) is 0 Å². The molecule has 2 aliphatic rings. The van der Waals surface area contributed by atoms with Gasteiger partial charge < -0.3 is 10.0 Å². The van der Waals surface area contributed by atoms with Crippen molar-refractivity contribution in [3.05, 3.63) is 29.8 Å². The van der Waals surface area contributed by atoms with Crippen molar-refractivity contribution in [1.29, 1.82) is 0 Å². The van der Waals surface area contributed by atoms with Crippen LogP contribution >= 0.6 is 0 Å². The summed E-state index contributed by atoms with van der Waals surface area (Å²) in [7, 11) is 0. The van der Waals surface area contributed by atoms with Gasteiger partial charge in [0.15, 0.2) is 0 Å². The number of hydrogen-bond acceptors (Lipinski definition) is 3. The molecule has 1 saturated heterocycles. The number of hydrogen-bond donors (Lipinski definition) is 1. The Hall–Kier alpha value is -1.06. The van der Waals surface area contributed by atoms with E-state index in [1.165, 1.54) is 24.1 Å². The summed E-state index contributed by atoms with van der Waals surface area (Å²) in [4.78, 5) is 4.86. The summed E-state index contributed by atoms with van der Waals surface area (Å²) in [6, 6.07) is 8.73. The topological polar surface area (TPSA) is 26.7 Å². The number of aryl methyl sites for hydroxylation is 1. The van der Waals surface area contributed by atoms with Gasteiger partial charge in [0, 0.05) is 38.4 Å². The molecule has 1 aromatic rings. The molecule has 0 radical (unpaired) electrons. The molecule has 3 heteroatoms. The third kappa shape index (κ3) is 3.28. The van der Waals surface area contributed by atoms with E-state index in [0.29, 0.717) is 5.92 Å².